The van der Waals surface area contributed by atoms with Gasteiger partial charge in [-0.3, -0.25) is 9.59 Å². The van der Waals surface area contributed by atoms with Crippen molar-refractivity contribution in [3.8, 4) is 0 Å². The lowest BCUT2D eigenvalue weighted by molar-refractivity contribution is -0.207. The Morgan fingerprint density at radius 1 is 1.00 bits per heavy atom. The molecule has 4 aliphatic rings. The number of hydrogen-bond acceptors (Lipinski definition) is 5. The molecule has 5 nitrogen and oxygen atoms in total. The molecule has 222 valence electrons. The highest BCUT2D eigenvalue weighted by molar-refractivity contribution is 5.69. The van der Waals surface area contributed by atoms with Crippen molar-refractivity contribution in [3.05, 3.63) is 35.9 Å². The molecule has 0 radical (unpaired) electrons. The highest BCUT2D eigenvalue weighted by Crippen LogP contribution is 2.69. The SMILES string of the molecule is CC[C@H]1[C@@H](O)[C@@H]2[C@H](CC[C@]3(C)[C@@H]([C@H](C)CCC(=O)OCc4ccccc4)CC[C@@H]23)[C@@]2(C)CC[C@@H](OC(C)=O)C[C@@H]12. The topological polar surface area (TPSA) is 72.8 Å². The first-order chi connectivity index (χ1) is 19.1. The molecule has 0 aromatic heterocycles. The summed E-state index contributed by atoms with van der Waals surface area (Å²) >= 11 is 0. The maximum absolute atomic E-state index is 12.6. The minimum Gasteiger partial charge on any atom is -0.463 e. The van der Waals surface area contributed by atoms with Gasteiger partial charge in [-0.2, -0.15) is 0 Å². The zero-order chi connectivity index (χ0) is 28.7. The van der Waals surface area contributed by atoms with E-state index in [1.807, 2.05) is 30.3 Å². The van der Waals surface area contributed by atoms with Crippen molar-refractivity contribution in [2.45, 2.75) is 118 Å². The standard InChI is InChI=1S/C35H52O5/c1-6-26-30-20-25(40-23(3)36)16-18-35(30,5)29-17-19-34(4)27(13-14-28(34)32(29)33(26)38)22(2)12-15-31(37)39-21-24-10-8-7-9-11-24/h7-11,22,25-30,32-33,38H,6,12-21H2,1-5H3/t22-,25-,26-,27-,28+,29+,30+,32+,33-,34-,35-/m1/s1. The van der Waals surface area contributed by atoms with Gasteiger partial charge in [0.25, 0.3) is 0 Å². The Labute approximate surface area is 241 Å². The summed E-state index contributed by atoms with van der Waals surface area (Å²) in [6.07, 6.45) is 9.76. The van der Waals surface area contributed by atoms with Gasteiger partial charge in [0.15, 0.2) is 0 Å². The predicted molar refractivity (Wildman–Crippen MR) is 156 cm³/mol. The monoisotopic (exact) mass is 552 g/mol. The van der Waals surface area contributed by atoms with Crippen molar-refractivity contribution in [1.29, 1.82) is 0 Å². The number of aliphatic hydroxyl groups excluding tert-OH is 1. The normalized spacial score (nSPS) is 41.2. The van der Waals surface area contributed by atoms with E-state index in [-0.39, 0.29) is 40.9 Å². The number of rotatable bonds is 8. The molecule has 1 aromatic rings. The molecule has 0 amide bonds. The number of fused-ring (bicyclic) bond motifs is 5. The third-order valence-corrected chi connectivity index (χ3v) is 12.5. The Hall–Kier alpha value is -1.88. The maximum atomic E-state index is 12.6. The molecule has 0 aliphatic heterocycles. The van der Waals surface area contributed by atoms with E-state index in [1.165, 1.54) is 32.6 Å². The van der Waals surface area contributed by atoms with Gasteiger partial charge < -0.3 is 14.6 Å². The Balaban J connectivity index is 1.25. The Morgan fingerprint density at radius 3 is 2.40 bits per heavy atom. The zero-order valence-corrected chi connectivity index (χ0v) is 25.4. The van der Waals surface area contributed by atoms with Crippen LogP contribution in [-0.4, -0.2) is 29.3 Å². The van der Waals surface area contributed by atoms with Gasteiger partial charge in [-0.05, 0) is 109 Å². The lowest BCUT2D eigenvalue weighted by Crippen LogP contribution is -2.62. The molecule has 5 rings (SSSR count). The lowest BCUT2D eigenvalue weighted by atomic mass is 9.41. The molecule has 1 aromatic carbocycles. The first kappa shape index (κ1) is 29.6. The number of aliphatic hydroxyl groups is 1. The second-order valence-corrected chi connectivity index (χ2v) is 14.4. The Bertz CT molecular complexity index is 1040. The summed E-state index contributed by atoms with van der Waals surface area (Å²) in [6.45, 7) is 11.5. The van der Waals surface area contributed by atoms with Gasteiger partial charge in [-0.25, -0.2) is 0 Å². The average molecular weight is 553 g/mol. The molecule has 0 saturated heterocycles. The summed E-state index contributed by atoms with van der Waals surface area (Å²) in [5.41, 5.74) is 1.44. The van der Waals surface area contributed by atoms with Crippen LogP contribution in [0.3, 0.4) is 0 Å². The fourth-order valence-corrected chi connectivity index (χ4v) is 10.6. The van der Waals surface area contributed by atoms with E-state index in [0.29, 0.717) is 48.5 Å². The van der Waals surface area contributed by atoms with E-state index in [2.05, 4.69) is 27.7 Å². The van der Waals surface area contributed by atoms with Crippen LogP contribution in [0.4, 0.5) is 0 Å². The predicted octanol–water partition coefficient (Wildman–Crippen LogP) is 7.34. The van der Waals surface area contributed by atoms with Crippen LogP contribution < -0.4 is 0 Å². The van der Waals surface area contributed by atoms with Crippen molar-refractivity contribution < 1.29 is 24.2 Å². The molecule has 40 heavy (non-hydrogen) atoms. The molecule has 0 heterocycles. The van der Waals surface area contributed by atoms with Gasteiger partial charge in [0, 0.05) is 13.3 Å². The highest BCUT2D eigenvalue weighted by Gasteiger charge is 2.65. The van der Waals surface area contributed by atoms with Crippen molar-refractivity contribution in [2.24, 2.45) is 52.3 Å². The van der Waals surface area contributed by atoms with E-state index in [0.717, 1.165) is 37.7 Å². The molecular formula is C35H52O5. The van der Waals surface area contributed by atoms with Gasteiger partial charge in [0.2, 0.25) is 0 Å². The molecule has 0 bridgehead atoms. The summed E-state index contributed by atoms with van der Waals surface area (Å²) in [6, 6.07) is 9.89. The molecule has 1 N–H and O–H groups in total. The number of carbonyl (C=O) groups excluding carboxylic acids is 2. The summed E-state index contributed by atoms with van der Waals surface area (Å²) in [5, 5.41) is 12.0. The summed E-state index contributed by atoms with van der Waals surface area (Å²) in [5.74, 6) is 2.86. The fourth-order valence-electron chi connectivity index (χ4n) is 10.6. The van der Waals surface area contributed by atoms with Crippen LogP contribution in [0.25, 0.3) is 0 Å². The molecule has 5 heteroatoms. The van der Waals surface area contributed by atoms with E-state index in [4.69, 9.17) is 9.47 Å². The smallest absolute Gasteiger partial charge is 0.306 e. The fraction of sp³-hybridized carbons (Fsp3) is 0.771. The largest absolute Gasteiger partial charge is 0.463 e. The van der Waals surface area contributed by atoms with Crippen molar-refractivity contribution in [1.82, 2.24) is 0 Å². The lowest BCUT2D eigenvalue weighted by Gasteiger charge is -2.64. The van der Waals surface area contributed by atoms with Crippen LogP contribution >= 0.6 is 0 Å². The molecule has 4 fully saturated rings. The third-order valence-electron chi connectivity index (χ3n) is 12.5. The van der Waals surface area contributed by atoms with Crippen molar-refractivity contribution in [2.75, 3.05) is 0 Å². The second kappa shape index (κ2) is 11.8. The van der Waals surface area contributed by atoms with Crippen LogP contribution in [0.5, 0.6) is 0 Å². The first-order valence-corrected chi connectivity index (χ1v) is 16.1. The second-order valence-electron chi connectivity index (χ2n) is 14.4. The number of esters is 2. The first-order valence-electron chi connectivity index (χ1n) is 16.1. The third kappa shape index (κ3) is 5.37. The molecule has 4 saturated carbocycles. The van der Waals surface area contributed by atoms with Gasteiger partial charge in [-0.15, -0.1) is 0 Å². The molecule has 0 unspecified atom stereocenters. The van der Waals surface area contributed by atoms with Crippen LogP contribution in [0.15, 0.2) is 30.3 Å². The van der Waals surface area contributed by atoms with E-state index in [9.17, 15) is 14.7 Å². The number of benzene rings is 1. The highest BCUT2D eigenvalue weighted by atomic mass is 16.5. The van der Waals surface area contributed by atoms with Gasteiger partial charge in [0.05, 0.1) is 6.10 Å². The Morgan fingerprint density at radius 2 is 1.70 bits per heavy atom. The molecular weight excluding hydrogens is 500 g/mol. The number of carbonyl (C=O) groups is 2. The van der Waals surface area contributed by atoms with Crippen molar-refractivity contribution >= 4 is 11.9 Å². The minimum absolute atomic E-state index is 0.00155. The van der Waals surface area contributed by atoms with Gasteiger partial charge in [-0.1, -0.05) is 64.4 Å². The Kier molecular flexibility index (Phi) is 8.72. The van der Waals surface area contributed by atoms with Crippen LogP contribution in [0.1, 0.15) is 104 Å². The quantitative estimate of drug-likeness (QED) is 0.342. The summed E-state index contributed by atoms with van der Waals surface area (Å²) in [7, 11) is 0. The number of ether oxygens (including phenoxy) is 2. The van der Waals surface area contributed by atoms with E-state index < -0.39 is 0 Å². The number of hydrogen-bond donors (Lipinski definition) is 1. The maximum Gasteiger partial charge on any atom is 0.306 e. The van der Waals surface area contributed by atoms with Crippen LogP contribution in [0.2, 0.25) is 0 Å². The zero-order valence-electron chi connectivity index (χ0n) is 25.4. The summed E-state index contributed by atoms with van der Waals surface area (Å²) in [4.78, 5) is 24.3. The van der Waals surface area contributed by atoms with Crippen LogP contribution in [-0.2, 0) is 25.7 Å². The average Bonchev–Trinajstić information content (AvgIpc) is 3.29. The van der Waals surface area contributed by atoms with Gasteiger partial charge >= 0.3 is 11.9 Å². The molecule has 4 aliphatic carbocycles. The molecule has 0 spiro atoms. The van der Waals surface area contributed by atoms with E-state index >= 15 is 0 Å². The summed E-state index contributed by atoms with van der Waals surface area (Å²) < 4.78 is 11.3. The van der Waals surface area contributed by atoms with Crippen molar-refractivity contribution in [3.63, 3.8) is 0 Å². The minimum atomic E-state index is -0.282. The van der Waals surface area contributed by atoms with E-state index in [1.54, 1.807) is 0 Å². The van der Waals surface area contributed by atoms with Gasteiger partial charge in [0.1, 0.15) is 12.7 Å². The van der Waals surface area contributed by atoms with Crippen LogP contribution in [0, 0.1) is 52.3 Å². The molecule has 11 atom stereocenters.